The van der Waals surface area contributed by atoms with Crippen LogP contribution in [-0.2, 0) is 38.1 Å². The fourth-order valence-electron chi connectivity index (χ4n) is 3.51. The van der Waals surface area contributed by atoms with Gasteiger partial charge in [-0.15, -0.1) is 0 Å². The quantitative estimate of drug-likeness (QED) is 0.150. The molecule has 5 N–H and O–H groups in total. The van der Waals surface area contributed by atoms with Crippen molar-refractivity contribution >= 4 is 23.9 Å². The Morgan fingerprint density at radius 1 is 0.487 bits per heavy atom. The largest absolute Gasteiger partial charge is 0.464 e. The van der Waals surface area contributed by atoms with E-state index < -0.39 is 0 Å². The highest BCUT2D eigenvalue weighted by Crippen LogP contribution is 1.98. The van der Waals surface area contributed by atoms with Gasteiger partial charge in [0.1, 0.15) is 26.4 Å². The van der Waals surface area contributed by atoms with Crippen LogP contribution in [0, 0.1) is 0 Å². The van der Waals surface area contributed by atoms with Gasteiger partial charge >= 0.3 is 23.9 Å². The molecule has 0 radical (unpaired) electrons. The molecule has 1 heterocycles. The zero-order valence-corrected chi connectivity index (χ0v) is 24.0. The molecular formula is C26H49N5O8. The predicted molar refractivity (Wildman–Crippen MR) is 145 cm³/mol. The summed E-state index contributed by atoms with van der Waals surface area (Å²) in [5.74, 6) is -1.16. The molecule has 1 rings (SSSR count). The third-order valence-electron chi connectivity index (χ3n) is 6.02. The monoisotopic (exact) mass is 559 g/mol. The summed E-state index contributed by atoms with van der Waals surface area (Å²) < 4.78 is 21.5. The maximum absolute atomic E-state index is 11.8. The molecule has 13 heteroatoms. The molecule has 1 aliphatic heterocycles. The highest BCUT2D eigenvalue weighted by Gasteiger charge is 2.21. The van der Waals surface area contributed by atoms with E-state index in [2.05, 4.69) is 26.6 Å². The summed E-state index contributed by atoms with van der Waals surface area (Å²) in [6.07, 6.45) is 1.13. The molecule has 4 atom stereocenters. The Morgan fingerprint density at radius 3 is 1.13 bits per heavy atom. The van der Waals surface area contributed by atoms with Gasteiger partial charge in [-0.2, -0.15) is 0 Å². The highest BCUT2D eigenvalue weighted by atomic mass is 16.5. The topological polar surface area (TPSA) is 165 Å². The Bertz CT molecular complexity index is 668. The van der Waals surface area contributed by atoms with Crippen LogP contribution in [0.3, 0.4) is 0 Å². The minimum absolute atomic E-state index is 0.146. The van der Waals surface area contributed by atoms with Crippen LogP contribution in [0.4, 0.5) is 0 Å². The van der Waals surface area contributed by atoms with Crippen LogP contribution in [0.15, 0.2) is 0 Å². The number of carbonyl (C=O) groups is 4. The van der Waals surface area contributed by atoms with Crippen LogP contribution in [0.2, 0.25) is 0 Å². The first kappa shape index (κ1) is 34.7. The van der Waals surface area contributed by atoms with Crippen LogP contribution in [0.5, 0.6) is 0 Å². The molecule has 0 amide bonds. The van der Waals surface area contributed by atoms with Crippen LogP contribution in [0.25, 0.3) is 0 Å². The first-order valence-corrected chi connectivity index (χ1v) is 14.1. The second-order valence-electron chi connectivity index (χ2n) is 9.32. The number of carbonyl (C=O) groups excluding carboxylic acids is 4. The second kappa shape index (κ2) is 21.5. The summed E-state index contributed by atoms with van der Waals surface area (Å²) >= 11 is 0. The van der Waals surface area contributed by atoms with Crippen molar-refractivity contribution < 1.29 is 38.1 Å². The molecule has 0 bridgehead atoms. The summed E-state index contributed by atoms with van der Waals surface area (Å²) in [6, 6.07) is -0.837. The molecule has 0 aromatic rings. The SMILES string of the molecule is CCC(=O)OCC1CNCCN[C@@H](COC(=O)CC)CN[C@H](COC(=O)CC)CN[C@@H](COC(=O)CC)CN1. The normalized spacial score (nSPS) is 23.5. The summed E-state index contributed by atoms with van der Waals surface area (Å²) in [7, 11) is 0. The second-order valence-corrected chi connectivity index (χ2v) is 9.32. The average Bonchev–Trinajstić information content (AvgIpc) is 2.96. The van der Waals surface area contributed by atoms with E-state index in [4.69, 9.17) is 18.9 Å². The Labute approximate surface area is 232 Å². The minimum atomic E-state index is -0.301. The van der Waals surface area contributed by atoms with Gasteiger partial charge in [-0.3, -0.25) is 19.2 Å². The lowest BCUT2D eigenvalue weighted by molar-refractivity contribution is -0.145. The zero-order chi connectivity index (χ0) is 28.9. The van der Waals surface area contributed by atoms with Gasteiger partial charge in [0.15, 0.2) is 0 Å². The van der Waals surface area contributed by atoms with Gasteiger partial charge in [-0.25, -0.2) is 0 Å². The zero-order valence-electron chi connectivity index (χ0n) is 24.0. The average molecular weight is 560 g/mol. The Morgan fingerprint density at radius 2 is 0.795 bits per heavy atom. The molecular weight excluding hydrogens is 510 g/mol. The van der Waals surface area contributed by atoms with Crippen molar-refractivity contribution in [3.63, 3.8) is 0 Å². The van der Waals surface area contributed by atoms with Crippen molar-refractivity contribution in [1.82, 2.24) is 26.6 Å². The molecule has 1 unspecified atom stereocenters. The lowest BCUT2D eigenvalue weighted by Crippen LogP contribution is -2.53. The van der Waals surface area contributed by atoms with Gasteiger partial charge in [0, 0.05) is 65.0 Å². The van der Waals surface area contributed by atoms with E-state index in [1.54, 1.807) is 27.7 Å². The van der Waals surface area contributed by atoms with E-state index in [0.717, 1.165) is 0 Å². The first-order valence-electron chi connectivity index (χ1n) is 14.1. The van der Waals surface area contributed by atoms with Gasteiger partial charge in [0.2, 0.25) is 0 Å². The molecule has 39 heavy (non-hydrogen) atoms. The lowest BCUT2D eigenvalue weighted by atomic mass is 10.2. The first-order chi connectivity index (χ1) is 18.8. The predicted octanol–water partition coefficient (Wildman–Crippen LogP) is -0.765. The number of nitrogens with one attached hydrogen (secondary N) is 5. The maximum atomic E-state index is 11.8. The number of rotatable bonds is 12. The van der Waals surface area contributed by atoms with E-state index in [9.17, 15) is 19.2 Å². The Balaban J connectivity index is 3.00. The Hall–Kier alpha value is -2.32. The van der Waals surface area contributed by atoms with Gasteiger partial charge in [0.05, 0.1) is 24.2 Å². The van der Waals surface area contributed by atoms with Crippen molar-refractivity contribution in [2.45, 2.75) is 77.5 Å². The van der Waals surface area contributed by atoms with E-state index in [0.29, 0.717) is 52.1 Å². The summed E-state index contributed by atoms with van der Waals surface area (Å²) in [6.45, 7) is 10.8. The molecule has 0 aromatic carbocycles. The highest BCUT2D eigenvalue weighted by molar-refractivity contribution is 5.69. The van der Waals surface area contributed by atoms with E-state index >= 15 is 0 Å². The standard InChI is InChI=1S/C26H49N5O8/c1-5-23(32)36-15-19-11-27-9-10-28-20(16-37-24(33)6-2)12-30-22(18-39-26(35)8-4)14-31-21(13-29-19)17-38-25(34)7-3/h19-22,27-31H,5-18H2,1-4H3/t19?,20-,21-,22+/m1/s1. The van der Waals surface area contributed by atoms with Crippen molar-refractivity contribution in [3.05, 3.63) is 0 Å². The maximum Gasteiger partial charge on any atom is 0.305 e. The molecule has 1 fully saturated rings. The van der Waals surface area contributed by atoms with E-state index in [1.807, 2.05) is 0 Å². The third kappa shape index (κ3) is 17.1. The van der Waals surface area contributed by atoms with Gasteiger partial charge in [-0.1, -0.05) is 27.7 Å². The van der Waals surface area contributed by atoms with Crippen LogP contribution < -0.4 is 26.6 Å². The van der Waals surface area contributed by atoms with Crippen molar-refractivity contribution in [1.29, 1.82) is 0 Å². The van der Waals surface area contributed by atoms with Crippen LogP contribution in [0.1, 0.15) is 53.4 Å². The molecule has 226 valence electrons. The number of esters is 4. The van der Waals surface area contributed by atoms with Gasteiger partial charge < -0.3 is 45.5 Å². The molecule has 0 spiro atoms. The molecule has 1 saturated heterocycles. The molecule has 0 saturated carbocycles. The smallest absolute Gasteiger partial charge is 0.305 e. The van der Waals surface area contributed by atoms with E-state index in [1.165, 1.54) is 0 Å². The van der Waals surface area contributed by atoms with E-state index in [-0.39, 0.29) is 87.3 Å². The third-order valence-corrected chi connectivity index (χ3v) is 6.02. The number of ether oxygens (including phenoxy) is 4. The number of hydrogen-bond acceptors (Lipinski definition) is 13. The van der Waals surface area contributed by atoms with Crippen LogP contribution in [-0.4, -0.2) is 114 Å². The van der Waals surface area contributed by atoms with Gasteiger partial charge in [-0.05, 0) is 0 Å². The number of hydrogen-bond donors (Lipinski definition) is 5. The fraction of sp³-hybridized carbons (Fsp3) is 0.846. The lowest BCUT2D eigenvalue weighted by Gasteiger charge is -2.27. The van der Waals surface area contributed by atoms with Crippen molar-refractivity contribution in [3.8, 4) is 0 Å². The minimum Gasteiger partial charge on any atom is -0.464 e. The molecule has 1 aliphatic rings. The summed E-state index contributed by atoms with van der Waals surface area (Å²) in [5, 5.41) is 17.0. The fourth-order valence-corrected chi connectivity index (χ4v) is 3.51. The Kier molecular flexibility index (Phi) is 19.1. The van der Waals surface area contributed by atoms with Gasteiger partial charge in [0.25, 0.3) is 0 Å². The summed E-state index contributed by atoms with van der Waals surface area (Å²) in [5.41, 5.74) is 0. The summed E-state index contributed by atoms with van der Waals surface area (Å²) in [4.78, 5) is 47.1. The van der Waals surface area contributed by atoms with Crippen molar-refractivity contribution in [2.75, 3.05) is 65.7 Å². The molecule has 0 aromatic heterocycles. The molecule has 0 aliphatic carbocycles. The van der Waals surface area contributed by atoms with Crippen molar-refractivity contribution in [2.24, 2.45) is 0 Å². The van der Waals surface area contributed by atoms with Crippen LogP contribution >= 0.6 is 0 Å². The molecule has 13 nitrogen and oxygen atoms in total.